The lowest BCUT2D eigenvalue weighted by atomic mass is 10.2. The van der Waals surface area contributed by atoms with E-state index in [0.717, 1.165) is 5.69 Å². The zero-order chi connectivity index (χ0) is 18.8. The number of carbonyl (C=O) groups is 1. The maximum Gasteiger partial charge on any atom is 0.274 e. The standard InChI is InChI=1S/C20H18N4O3/c1-13-10-16(23-20(21-13)24(2)15-6-4-3-5-7-15)19(25)22-14-8-9-17-18(11-14)27-12-26-17/h3-11H,12H2,1-2H3,(H,22,25). The van der Waals surface area contributed by atoms with Crippen LogP contribution in [-0.2, 0) is 0 Å². The normalized spacial score (nSPS) is 11.9. The van der Waals surface area contributed by atoms with Crippen LogP contribution >= 0.6 is 0 Å². The number of hydrogen-bond donors (Lipinski definition) is 1. The molecule has 136 valence electrons. The second-order valence-corrected chi connectivity index (χ2v) is 6.11. The lowest BCUT2D eigenvalue weighted by molar-refractivity contribution is 0.102. The van der Waals surface area contributed by atoms with E-state index < -0.39 is 0 Å². The minimum atomic E-state index is -0.318. The molecular weight excluding hydrogens is 344 g/mol. The van der Waals surface area contributed by atoms with Crippen molar-refractivity contribution in [2.45, 2.75) is 6.92 Å². The van der Waals surface area contributed by atoms with Gasteiger partial charge in [-0.25, -0.2) is 9.97 Å². The van der Waals surface area contributed by atoms with E-state index in [0.29, 0.717) is 28.8 Å². The summed E-state index contributed by atoms with van der Waals surface area (Å²) in [6, 6.07) is 16.6. The summed E-state index contributed by atoms with van der Waals surface area (Å²) in [5, 5.41) is 2.84. The van der Waals surface area contributed by atoms with Crippen molar-refractivity contribution in [1.29, 1.82) is 0 Å². The molecule has 0 atom stereocenters. The van der Waals surface area contributed by atoms with Crippen LogP contribution in [0.25, 0.3) is 0 Å². The first-order valence-corrected chi connectivity index (χ1v) is 8.45. The number of nitrogens with one attached hydrogen (secondary N) is 1. The zero-order valence-corrected chi connectivity index (χ0v) is 15.0. The average molecular weight is 362 g/mol. The highest BCUT2D eigenvalue weighted by atomic mass is 16.7. The van der Waals surface area contributed by atoms with Gasteiger partial charge in [-0.1, -0.05) is 18.2 Å². The summed E-state index contributed by atoms with van der Waals surface area (Å²) in [5.41, 5.74) is 2.54. The number of carbonyl (C=O) groups excluding carboxylic acids is 1. The fraction of sp³-hybridized carbons (Fsp3) is 0.150. The van der Waals surface area contributed by atoms with Crippen LogP contribution in [0.15, 0.2) is 54.6 Å². The van der Waals surface area contributed by atoms with Gasteiger partial charge in [0.25, 0.3) is 5.91 Å². The van der Waals surface area contributed by atoms with E-state index in [1.54, 1.807) is 24.3 Å². The summed E-state index contributed by atoms with van der Waals surface area (Å²) in [6.45, 7) is 2.02. The Balaban J connectivity index is 1.58. The average Bonchev–Trinajstić information content (AvgIpc) is 3.15. The van der Waals surface area contributed by atoms with E-state index in [-0.39, 0.29) is 18.4 Å². The molecule has 1 aromatic heterocycles. The maximum absolute atomic E-state index is 12.7. The molecule has 0 bridgehead atoms. The van der Waals surface area contributed by atoms with Crippen LogP contribution in [0.5, 0.6) is 11.5 Å². The first-order valence-electron chi connectivity index (χ1n) is 8.45. The quantitative estimate of drug-likeness (QED) is 0.765. The number of nitrogens with zero attached hydrogens (tertiary/aromatic N) is 3. The number of amides is 1. The summed E-state index contributed by atoms with van der Waals surface area (Å²) in [7, 11) is 1.86. The molecule has 2 heterocycles. The highest BCUT2D eigenvalue weighted by molar-refractivity contribution is 6.03. The van der Waals surface area contributed by atoms with Gasteiger partial charge >= 0.3 is 0 Å². The molecule has 0 unspecified atom stereocenters. The number of anilines is 3. The van der Waals surface area contributed by atoms with Crippen molar-refractivity contribution in [3.63, 3.8) is 0 Å². The predicted octanol–water partition coefficient (Wildman–Crippen LogP) is 3.53. The van der Waals surface area contributed by atoms with Gasteiger partial charge in [-0.2, -0.15) is 0 Å². The summed E-state index contributed by atoms with van der Waals surface area (Å²) in [5.74, 6) is 1.41. The van der Waals surface area contributed by atoms with Crippen LogP contribution in [-0.4, -0.2) is 29.7 Å². The van der Waals surface area contributed by atoms with E-state index >= 15 is 0 Å². The minimum absolute atomic E-state index is 0.188. The molecule has 0 radical (unpaired) electrons. The smallest absolute Gasteiger partial charge is 0.274 e. The van der Waals surface area contributed by atoms with Gasteiger partial charge in [0.1, 0.15) is 5.69 Å². The minimum Gasteiger partial charge on any atom is -0.454 e. The van der Waals surface area contributed by atoms with E-state index in [2.05, 4.69) is 15.3 Å². The molecule has 27 heavy (non-hydrogen) atoms. The van der Waals surface area contributed by atoms with Crippen molar-refractivity contribution in [3.8, 4) is 11.5 Å². The van der Waals surface area contributed by atoms with Gasteiger partial charge in [0.15, 0.2) is 11.5 Å². The van der Waals surface area contributed by atoms with Crippen LogP contribution in [0.2, 0.25) is 0 Å². The molecule has 0 fully saturated rings. The first kappa shape index (κ1) is 16.8. The molecule has 1 N–H and O–H groups in total. The van der Waals surface area contributed by atoms with Gasteiger partial charge in [0.2, 0.25) is 12.7 Å². The number of ether oxygens (including phenoxy) is 2. The monoisotopic (exact) mass is 362 g/mol. The number of fused-ring (bicyclic) bond motifs is 1. The first-order chi connectivity index (χ1) is 13.1. The number of benzene rings is 2. The molecule has 0 spiro atoms. The van der Waals surface area contributed by atoms with Crippen LogP contribution in [0, 0.1) is 6.92 Å². The van der Waals surface area contributed by atoms with Gasteiger partial charge in [-0.05, 0) is 37.3 Å². The van der Waals surface area contributed by atoms with Crippen LogP contribution in [0.1, 0.15) is 16.2 Å². The van der Waals surface area contributed by atoms with Crippen molar-refractivity contribution in [1.82, 2.24) is 9.97 Å². The molecule has 7 nitrogen and oxygen atoms in total. The molecule has 4 rings (SSSR count). The van der Waals surface area contributed by atoms with Crippen molar-refractivity contribution in [2.75, 3.05) is 24.1 Å². The molecule has 1 aliphatic rings. The van der Waals surface area contributed by atoms with Crippen molar-refractivity contribution in [3.05, 3.63) is 66.0 Å². The zero-order valence-electron chi connectivity index (χ0n) is 15.0. The molecule has 2 aromatic carbocycles. The van der Waals surface area contributed by atoms with Crippen molar-refractivity contribution < 1.29 is 14.3 Å². The number of hydrogen-bond acceptors (Lipinski definition) is 6. The molecule has 3 aromatic rings. The Kier molecular flexibility index (Phi) is 4.33. The third-order valence-electron chi connectivity index (χ3n) is 4.15. The lowest BCUT2D eigenvalue weighted by Crippen LogP contribution is -2.19. The Morgan fingerprint density at radius 3 is 2.63 bits per heavy atom. The Hall–Kier alpha value is -3.61. The Morgan fingerprint density at radius 1 is 1.04 bits per heavy atom. The van der Waals surface area contributed by atoms with Gasteiger partial charge in [0, 0.05) is 30.2 Å². The molecule has 7 heteroatoms. The Labute approximate surface area is 156 Å². The molecular formula is C20H18N4O3. The number of aryl methyl sites for hydroxylation is 1. The lowest BCUT2D eigenvalue weighted by Gasteiger charge is -2.18. The predicted molar refractivity (Wildman–Crippen MR) is 102 cm³/mol. The largest absolute Gasteiger partial charge is 0.454 e. The fourth-order valence-corrected chi connectivity index (χ4v) is 2.76. The summed E-state index contributed by atoms with van der Waals surface area (Å²) in [4.78, 5) is 23.4. The second-order valence-electron chi connectivity index (χ2n) is 6.11. The van der Waals surface area contributed by atoms with E-state index in [9.17, 15) is 4.79 Å². The number of rotatable bonds is 4. The Morgan fingerprint density at radius 2 is 1.81 bits per heavy atom. The summed E-state index contributed by atoms with van der Waals surface area (Å²) < 4.78 is 10.6. The highest BCUT2D eigenvalue weighted by Gasteiger charge is 2.17. The third-order valence-corrected chi connectivity index (χ3v) is 4.15. The molecule has 0 saturated heterocycles. The van der Waals surface area contributed by atoms with Gasteiger partial charge in [0.05, 0.1) is 0 Å². The summed E-state index contributed by atoms with van der Waals surface area (Å²) >= 11 is 0. The van der Waals surface area contributed by atoms with Crippen LogP contribution < -0.4 is 19.7 Å². The number of para-hydroxylation sites is 1. The van der Waals surface area contributed by atoms with Crippen molar-refractivity contribution >= 4 is 23.2 Å². The SMILES string of the molecule is Cc1cc(C(=O)Nc2ccc3c(c2)OCO3)nc(N(C)c2ccccc2)n1. The van der Waals surface area contributed by atoms with Gasteiger partial charge in [-0.15, -0.1) is 0 Å². The van der Waals surface area contributed by atoms with Crippen LogP contribution in [0.3, 0.4) is 0 Å². The van der Waals surface area contributed by atoms with E-state index in [1.807, 2.05) is 49.2 Å². The van der Waals surface area contributed by atoms with Gasteiger partial charge in [-0.3, -0.25) is 4.79 Å². The second kappa shape index (κ2) is 6.95. The summed E-state index contributed by atoms with van der Waals surface area (Å²) in [6.07, 6.45) is 0. The van der Waals surface area contributed by atoms with Crippen molar-refractivity contribution in [2.24, 2.45) is 0 Å². The number of aromatic nitrogens is 2. The molecule has 0 saturated carbocycles. The Bertz CT molecular complexity index is 992. The topological polar surface area (TPSA) is 76.6 Å². The van der Waals surface area contributed by atoms with Gasteiger partial charge < -0.3 is 19.7 Å². The van der Waals surface area contributed by atoms with E-state index in [4.69, 9.17) is 9.47 Å². The molecule has 1 amide bonds. The fourth-order valence-electron chi connectivity index (χ4n) is 2.76. The molecule has 1 aliphatic heterocycles. The van der Waals surface area contributed by atoms with Crippen LogP contribution in [0.4, 0.5) is 17.3 Å². The third kappa shape index (κ3) is 3.52. The van der Waals surface area contributed by atoms with E-state index in [1.165, 1.54) is 0 Å². The highest BCUT2D eigenvalue weighted by Crippen LogP contribution is 2.34. The molecule has 0 aliphatic carbocycles. The maximum atomic E-state index is 12.7.